The SMILES string of the molecule is CC1CCC(C(=O)N[C@H](CO)C(=O)O)O1. The Hall–Kier alpha value is -1.14. The van der Waals surface area contributed by atoms with Gasteiger partial charge in [-0.05, 0) is 19.8 Å². The molecule has 0 aliphatic carbocycles. The van der Waals surface area contributed by atoms with Gasteiger partial charge in [-0.25, -0.2) is 4.79 Å². The molecule has 6 heteroatoms. The van der Waals surface area contributed by atoms with Gasteiger partial charge in [0.25, 0.3) is 0 Å². The third kappa shape index (κ3) is 3.17. The molecule has 1 aliphatic heterocycles. The molecule has 0 bridgehead atoms. The molecule has 0 saturated carbocycles. The monoisotopic (exact) mass is 217 g/mol. The number of aliphatic hydroxyl groups is 1. The summed E-state index contributed by atoms with van der Waals surface area (Å²) in [7, 11) is 0. The zero-order valence-electron chi connectivity index (χ0n) is 8.47. The normalized spacial score (nSPS) is 27.3. The van der Waals surface area contributed by atoms with Crippen LogP contribution in [0, 0.1) is 0 Å². The van der Waals surface area contributed by atoms with Crippen molar-refractivity contribution >= 4 is 11.9 Å². The van der Waals surface area contributed by atoms with Crippen molar-refractivity contribution in [3.63, 3.8) is 0 Å². The summed E-state index contributed by atoms with van der Waals surface area (Å²) in [5.74, 6) is -1.72. The fourth-order valence-corrected chi connectivity index (χ4v) is 1.45. The van der Waals surface area contributed by atoms with Crippen LogP contribution in [0.25, 0.3) is 0 Å². The molecule has 1 fully saturated rings. The average Bonchev–Trinajstić information content (AvgIpc) is 2.60. The van der Waals surface area contributed by atoms with E-state index in [4.69, 9.17) is 14.9 Å². The zero-order valence-corrected chi connectivity index (χ0v) is 8.47. The van der Waals surface area contributed by atoms with E-state index in [9.17, 15) is 9.59 Å². The first-order valence-electron chi connectivity index (χ1n) is 4.84. The first-order chi connectivity index (χ1) is 7.04. The van der Waals surface area contributed by atoms with Crippen LogP contribution in [0.5, 0.6) is 0 Å². The first kappa shape index (κ1) is 11.9. The van der Waals surface area contributed by atoms with Crippen molar-refractivity contribution in [2.75, 3.05) is 6.61 Å². The van der Waals surface area contributed by atoms with Crippen LogP contribution in [-0.2, 0) is 14.3 Å². The molecule has 6 nitrogen and oxygen atoms in total. The second kappa shape index (κ2) is 5.09. The number of hydrogen-bond acceptors (Lipinski definition) is 4. The lowest BCUT2D eigenvalue weighted by Gasteiger charge is -2.15. The van der Waals surface area contributed by atoms with Crippen molar-refractivity contribution in [2.24, 2.45) is 0 Å². The van der Waals surface area contributed by atoms with Crippen molar-refractivity contribution in [1.82, 2.24) is 5.32 Å². The summed E-state index contributed by atoms with van der Waals surface area (Å²) in [6, 6.07) is -1.25. The highest BCUT2D eigenvalue weighted by molar-refractivity contribution is 5.86. The number of carboxylic acids is 1. The van der Waals surface area contributed by atoms with Gasteiger partial charge in [0, 0.05) is 0 Å². The lowest BCUT2D eigenvalue weighted by molar-refractivity contribution is -0.145. The molecule has 1 saturated heterocycles. The van der Waals surface area contributed by atoms with Gasteiger partial charge in [-0.1, -0.05) is 0 Å². The highest BCUT2D eigenvalue weighted by atomic mass is 16.5. The Balaban J connectivity index is 2.44. The number of hydrogen-bond donors (Lipinski definition) is 3. The number of rotatable bonds is 4. The third-order valence-electron chi connectivity index (χ3n) is 2.32. The molecule has 1 amide bonds. The van der Waals surface area contributed by atoms with Crippen LogP contribution in [0.15, 0.2) is 0 Å². The molecule has 86 valence electrons. The maximum Gasteiger partial charge on any atom is 0.328 e. The van der Waals surface area contributed by atoms with Gasteiger partial charge in [0.1, 0.15) is 12.1 Å². The van der Waals surface area contributed by atoms with Gasteiger partial charge in [0.15, 0.2) is 0 Å². The van der Waals surface area contributed by atoms with Crippen LogP contribution in [0.4, 0.5) is 0 Å². The Morgan fingerprint density at radius 2 is 2.20 bits per heavy atom. The van der Waals surface area contributed by atoms with E-state index < -0.39 is 30.6 Å². The van der Waals surface area contributed by atoms with E-state index in [0.717, 1.165) is 6.42 Å². The Kier molecular flexibility index (Phi) is 4.05. The van der Waals surface area contributed by atoms with Gasteiger partial charge in [-0.15, -0.1) is 0 Å². The van der Waals surface area contributed by atoms with Crippen molar-refractivity contribution in [1.29, 1.82) is 0 Å². The smallest absolute Gasteiger partial charge is 0.328 e. The van der Waals surface area contributed by atoms with E-state index in [1.54, 1.807) is 0 Å². The molecule has 0 spiro atoms. The van der Waals surface area contributed by atoms with Crippen molar-refractivity contribution < 1.29 is 24.5 Å². The Morgan fingerprint density at radius 3 is 2.60 bits per heavy atom. The molecule has 3 N–H and O–H groups in total. The minimum absolute atomic E-state index is 0.0261. The molecule has 0 radical (unpaired) electrons. The summed E-state index contributed by atoms with van der Waals surface area (Å²) in [4.78, 5) is 22.0. The topological polar surface area (TPSA) is 95.9 Å². The highest BCUT2D eigenvalue weighted by Gasteiger charge is 2.30. The minimum atomic E-state index is -1.25. The molecular formula is C9H15NO5. The van der Waals surface area contributed by atoms with Crippen LogP contribution >= 0.6 is 0 Å². The molecule has 0 aromatic rings. The number of aliphatic carboxylic acids is 1. The van der Waals surface area contributed by atoms with Gasteiger partial charge < -0.3 is 20.3 Å². The van der Waals surface area contributed by atoms with Crippen molar-refractivity contribution in [3.8, 4) is 0 Å². The molecule has 0 aromatic heterocycles. The predicted octanol–water partition coefficient (Wildman–Crippen LogP) is -0.884. The Bertz CT molecular complexity index is 255. The summed E-state index contributed by atoms with van der Waals surface area (Å²) in [5.41, 5.74) is 0. The van der Waals surface area contributed by atoms with E-state index in [2.05, 4.69) is 5.32 Å². The second-order valence-corrected chi connectivity index (χ2v) is 3.59. The first-order valence-corrected chi connectivity index (χ1v) is 4.84. The Labute approximate surface area is 87.2 Å². The fourth-order valence-electron chi connectivity index (χ4n) is 1.45. The molecular weight excluding hydrogens is 202 g/mol. The second-order valence-electron chi connectivity index (χ2n) is 3.59. The maximum absolute atomic E-state index is 11.5. The van der Waals surface area contributed by atoms with Crippen LogP contribution in [0.2, 0.25) is 0 Å². The lowest BCUT2D eigenvalue weighted by atomic mass is 10.2. The number of carbonyl (C=O) groups is 2. The van der Waals surface area contributed by atoms with Gasteiger partial charge in [0.2, 0.25) is 5.91 Å². The lowest BCUT2D eigenvalue weighted by Crippen LogP contribution is -2.47. The molecule has 1 heterocycles. The third-order valence-corrected chi connectivity index (χ3v) is 2.32. The molecule has 2 unspecified atom stereocenters. The highest BCUT2D eigenvalue weighted by Crippen LogP contribution is 2.18. The zero-order chi connectivity index (χ0) is 11.4. The fraction of sp³-hybridized carbons (Fsp3) is 0.778. The molecule has 1 rings (SSSR count). The summed E-state index contributed by atoms with van der Waals surface area (Å²) >= 11 is 0. The number of aliphatic hydroxyl groups excluding tert-OH is 1. The van der Waals surface area contributed by atoms with Gasteiger partial charge in [-0.3, -0.25) is 4.79 Å². The molecule has 0 aromatic carbocycles. The van der Waals surface area contributed by atoms with Crippen LogP contribution < -0.4 is 5.32 Å². The average molecular weight is 217 g/mol. The standard InChI is InChI=1S/C9H15NO5/c1-5-2-3-7(15-5)8(12)10-6(4-11)9(13)14/h5-7,11H,2-4H2,1H3,(H,10,12)(H,13,14)/t5?,6-,7?/m1/s1. The molecule has 15 heavy (non-hydrogen) atoms. The Morgan fingerprint density at radius 1 is 1.53 bits per heavy atom. The summed E-state index contributed by atoms with van der Waals surface area (Å²) in [6.07, 6.45) is 0.811. The summed E-state index contributed by atoms with van der Waals surface area (Å²) in [5, 5.41) is 19.5. The minimum Gasteiger partial charge on any atom is -0.480 e. The predicted molar refractivity (Wildman–Crippen MR) is 50.2 cm³/mol. The van der Waals surface area contributed by atoms with Crippen molar-refractivity contribution in [3.05, 3.63) is 0 Å². The number of amides is 1. The van der Waals surface area contributed by atoms with E-state index in [-0.39, 0.29) is 6.10 Å². The summed E-state index contributed by atoms with van der Waals surface area (Å²) in [6.45, 7) is 1.23. The van der Waals surface area contributed by atoms with Gasteiger partial charge in [0.05, 0.1) is 12.7 Å². The van der Waals surface area contributed by atoms with Crippen LogP contribution in [-0.4, -0.2) is 46.9 Å². The number of ether oxygens (including phenoxy) is 1. The largest absolute Gasteiger partial charge is 0.480 e. The van der Waals surface area contributed by atoms with E-state index >= 15 is 0 Å². The number of carboxylic acid groups (broad SMARTS) is 1. The van der Waals surface area contributed by atoms with E-state index in [0.29, 0.717) is 6.42 Å². The van der Waals surface area contributed by atoms with Crippen LogP contribution in [0.3, 0.4) is 0 Å². The maximum atomic E-state index is 11.5. The van der Waals surface area contributed by atoms with Crippen molar-refractivity contribution in [2.45, 2.75) is 38.0 Å². The van der Waals surface area contributed by atoms with Gasteiger partial charge >= 0.3 is 5.97 Å². The van der Waals surface area contributed by atoms with Gasteiger partial charge in [-0.2, -0.15) is 0 Å². The van der Waals surface area contributed by atoms with Crippen LogP contribution in [0.1, 0.15) is 19.8 Å². The number of carbonyl (C=O) groups excluding carboxylic acids is 1. The molecule has 3 atom stereocenters. The quantitative estimate of drug-likeness (QED) is 0.568. The molecule has 1 aliphatic rings. The number of nitrogens with one attached hydrogen (secondary N) is 1. The van der Waals surface area contributed by atoms with E-state index in [1.165, 1.54) is 0 Å². The van der Waals surface area contributed by atoms with E-state index in [1.807, 2.05) is 6.92 Å². The summed E-state index contributed by atoms with van der Waals surface area (Å²) < 4.78 is 5.26.